The van der Waals surface area contributed by atoms with Gasteiger partial charge in [-0.05, 0) is 17.2 Å². The monoisotopic (exact) mass is 282 g/mol. The minimum Gasteiger partial charge on any atom is -0.469 e. The number of nitrogens with zero attached hydrogens (tertiary/aromatic N) is 1. The summed E-state index contributed by atoms with van der Waals surface area (Å²) in [4.78, 5) is 11.2. The predicted octanol–water partition coefficient (Wildman–Crippen LogP) is 1.49. The average molecular weight is 283 g/mol. The summed E-state index contributed by atoms with van der Waals surface area (Å²) in [5, 5.41) is 8.94. The van der Waals surface area contributed by atoms with Crippen LogP contribution in [0.3, 0.4) is 0 Å². The Hall–Kier alpha value is -1.38. The first-order valence-electron chi connectivity index (χ1n) is 4.61. The lowest BCUT2D eigenvalue weighted by Crippen LogP contribution is -2.09. The number of hydrogen-bond donors (Lipinski definition) is 1. The van der Waals surface area contributed by atoms with Gasteiger partial charge in [0.05, 0.1) is 25.2 Å². The van der Waals surface area contributed by atoms with E-state index in [1.807, 2.05) is 6.07 Å². The summed E-state index contributed by atoms with van der Waals surface area (Å²) in [5.74, 6) is -0.383. The van der Waals surface area contributed by atoms with Crippen molar-refractivity contribution >= 4 is 21.9 Å². The Morgan fingerprint density at radius 3 is 2.81 bits per heavy atom. The number of esters is 1. The van der Waals surface area contributed by atoms with Crippen LogP contribution < -0.4 is 5.73 Å². The quantitative estimate of drug-likeness (QED) is 0.853. The van der Waals surface area contributed by atoms with Gasteiger partial charge in [-0.25, -0.2) is 0 Å². The number of halogens is 1. The maximum absolute atomic E-state index is 11.2. The number of nitriles is 1. The van der Waals surface area contributed by atoms with Crippen LogP contribution in [-0.2, 0) is 22.5 Å². The second-order valence-corrected chi connectivity index (χ2v) is 3.93. The van der Waals surface area contributed by atoms with Crippen molar-refractivity contribution in [2.24, 2.45) is 5.73 Å². The molecule has 0 saturated carbocycles. The standard InChI is InChI=1S/C11H11BrN2O2/c1-16-10(15)4-9-7(5-13)2-3-8(6-14)11(9)12/h2-3H,4,6,14H2,1H3. The minimum absolute atomic E-state index is 0.0633. The van der Waals surface area contributed by atoms with E-state index in [2.05, 4.69) is 20.7 Å². The Morgan fingerprint density at radius 1 is 1.62 bits per heavy atom. The van der Waals surface area contributed by atoms with Gasteiger partial charge in [0, 0.05) is 11.0 Å². The van der Waals surface area contributed by atoms with Crippen molar-refractivity contribution in [2.45, 2.75) is 13.0 Å². The number of nitrogens with two attached hydrogens (primary N) is 1. The molecule has 1 aromatic rings. The van der Waals surface area contributed by atoms with Gasteiger partial charge in [-0.1, -0.05) is 22.0 Å². The van der Waals surface area contributed by atoms with Crippen LogP contribution in [0.2, 0.25) is 0 Å². The molecule has 0 spiro atoms. The topological polar surface area (TPSA) is 76.1 Å². The number of carbonyl (C=O) groups is 1. The molecule has 1 rings (SSSR count). The van der Waals surface area contributed by atoms with Gasteiger partial charge in [-0.15, -0.1) is 0 Å². The lowest BCUT2D eigenvalue weighted by Gasteiger charge is -2.09. The normalized spacial score (nSPS) is 9.62. The molecule has 0 bridgehead atoms. The van der Waals surface area contributed by atoms with E-state index in [4.69, 9.17) is 11.0 Å². The Labute approximate surface area is 102 Å². The fraction of sp³-hybridized carbons (Fsp3) is 0.273. The van der Waals surface area contributed by atoms with E-state index < -0.39 is 0 Å². The Balaban J connectivity index is 3.22. The highest BCUT2D eigenvalue weighted by Gasteiger charge is 2.14. The van der Waals surface area contributed by atoms with E-state index in [1.165, 1.54) is 7.11 Å². The molecule has 0 fully saturated rings. The minimum atomic E-state index is -0.383. The molecule has 0 aliphatic rings. The van der Waals surface area contributed by atoms with Gasteiger partial charge < -0.3 is 10.5 Å². The first kappa shape index (κ1) is 12.7. The molecular weight excluding hydrogens is 272 g/mol. The molecule has 0 aromatic heterocycles. The predicted molar refractivity (Wildman–Crippen MR) is 62.5 cm³/mol. The first-order chi connectivity index (χ1) is 7.63. The van der Waals surface area contributed by atoms with Crippen LogP contribution in [0.4, 0.5) is 0 Å². The van der Waals surface area contributed by atoms with Crippen molar-refractivity contribution in [1.29, 1.82) is 5.26 Å². The molecule has 1 aromatic carbocycles. The van der Waals surface area contributed by atoms with E-state index >= 15 is 0 Å². The zero-order valence-electron chi connectivity index (χ0n) is 8.79. The number of carbonyl (C=O) groups excluding carboxylic acids is 1. The van der Waals surface area contributed by atoms with Crippen molar-refractivity contribution in [3.63, 3.8) is 0 Å². The fourth-order valence-electron chi connectivity index (χ4n) is 1.32. The summed E-state index contributed by atoms with van der Waals surface area (Å²) >= 11 is 3.35. The van der Waals surface area contributed by atoms with Crippen molar-refractivity contribution in [2.75, 3.05) is 7.11 Å². The summed E-state index contributed by atoms with van der Waals surface area (Å²) < 4.78 is 5.29. The van der Waals surface area contributed by atoms with Gasteiger partial charge in [0.25, 0.3) is 0 Å². The molecule has 0 saturated heterocycles. The molecule has 0 radical (unpaired) electrons. The molecule has 0 aliphatic carbocycles. The second-order valence-electron chi connectivity index (χ2n) is 3.13. The van der Waals surface area contributed by atoms with E-state index in [1.54, 1.807) is 12.1 Å². The maximum Gasteiger partial charge on any atom is 0.310 e. The number of rotatable bonds is 3. The van der Waals surface area contributed by atoms with Crippen molar-refractivity contribution < 1.29 is 9.53 Å². The van der Waals surface area contributed by atoms with Crippen molar-refractivity contribution in [3.8, 4) is 6.07 Å². The summed E-state index contributed by atoms with van der Waals surface area (Å²) in [6.45, 7) is 0.348. The molecule has 4 nitrogen and oxygen atoms in total. The van der Waals surface area contributed by atoms with Crippen LogP contribution in [0.25, 0.3) is 0 Å². The van der Waals surface area contributed by atoms with Crippen molar-refractivity contribution in [1.82, 2.24) is 0 Å². The van der Waals surface area contributed by atoms with E-state index in [-0.39, 0.29) is 12.4 Å². The highest BCUT2D eigenvalue weighted by molar-refractivity contribution is 9.10. The average Bonchev–Trinajstić information content (AvgIpc) is 2.31. The lowest BCUT2D eigenvalue weighted by molar-refractivity contribution is -0.139. The van der Waals surface area contributed by atoms with E-state index in [0.717, 1.165) is 5.56 Å². The number of hydrogen-bond acceptors (Lipinski definition) is 4. The zero-order valence-corrected chi connectivity index (χ0v) is 10.4. The SMILES string of the molecule is COC(=O)Cc1c(C#N)ccc(CN)c1Br. The van der Waals surface area contributed by atoms with Gasteiger partial charge >= 0.3 is 5.97 Å². The van der Waals surface area contributed by atoms with E-state index in [9.17, 15) is 4.79 Å². The first-order valence-corrected chi connectivity index (χ1v) is 5.40. The summed E-state index contributed by atoms with van der Waals surface area (Å²) in [6.07, 6.45) is 0.0633. The largest absolute Gasteiger partial charge is 0.469 e. The van der Waals surface area contributed by atoms with Gasteiger partial charge in [-0.2, -0.15) is 5.26 Å². The molecule has 0 atom stereocenters. The van der Waals surface area contributed by atoms with Crippen molar-refractivity contribution in [3.05, 3.63) is 33.3 Å². The smallest absolute Gasteiger partial charge is 0.310 e. The molecule has 0 heterocycles. The highest BCUT2D eigenvalue weighted by Crippen LogP contribution is 2.25. The molecule has 0 aliphatic heterocycles. The maximum atomic E-state index is 11.2. The van der Waals surface area contributed by atoms with Crippen LogP contribution in [-0.4, -0.2) is 13.1 Å². The van der Waals surface area contributed by atoms with Crippen LogP contribution in [0.15, 0.2) is 16.6 Å². The number of benzene rings is 1. The third-order valence-electron chi connectivity index (χ3n) is 2.21. The molecule has 0 amide bonds. The summed E-state index contributed by atoms with van der Waals surface area (Å²) in [7, 11) is 1.31. The van der Waals surface area contributed by atoms with Crippen LogP contribution in [0.1, 0.15) is 16.7 Å². The summed E-state index contributed by atoms with van der Waals surface area (Å²) in [5.41, 5.74) is 7.48. The molecular formula is C11H11BrN2O2. The van der Waals surface area contributed by atoms with Gasteiger partial charge in [0.2, 0.25) is 0 Å². The van der Waals surface area contributed by atoms with Crippen LogP contribution >= 0.6 is 15.9 Å². The zero-order chi connectivity index (χ0) is 12.1. The molecule has 2 N–H and O–H groups in total. The van der Waals surface area contributed by atoms with E-state index in [0.29, 0.717) is 22.1 Å². The fourth-order valence-corrected chi connectivity index (χ4v) is 1.97. The summed E-state index contributed by atoms with van der Waals surface area (Å²) in [6, 6.07) is 5.46. The lowest BCUT2D eigenvalue weighted by atomic mass is 10.0. The Kier molecular flexibility index (Phi) is 4.47. The third-order valence-corrected chi connectivity index (χ3v) is 3.20. The molecule has 5 heteroatoms. The Bertz CT molecular complexity index is 452. The van der Waals surface area contributed by atoms with Gasteiger partial charge in [0.15, 0.2) is 0 Å². The van der Waals surface area contributed by atoms with Crippen LogP contribution in [0.5, 0.6) is 0 Å². The Morgan fingerprint density at radius 2 is 2.31 bits per heavy atom. The number of ether oxygens (including phenoxy) is 1. The van der Waals surface area contributed by atoms with Crippen LogP contribution in [0, 0.1) is 11.3 Å². The second kappa shape index (κ2) is 5.64. The molecule has 84 valence electrons. The van der Waals surface area contributed by atoms with Gasteiger partial charge in [-0.3, -0.25) is 4.79 Å². The highest BCUT2D eigenvalue weighted by atomic mass is 79.9. The molecule has 0 unspecified atom stereocenters. The van der Waals surface area contributed by atoms with Gasteiger partial charge in [0.1, 0.15) is 0 Å². The molecule has 16 heavy (non-hydrogen) atoms. The third kappa shape index (κ3) is 2.60. The number of methoxy groups -OCH3 is 1.